The molecule has 1 aliphatic carbocycles. The molecule has 1 aromatic carbocycles. The number of nitrogens with one attached hydrogen (secondary N) is 1. The van der Waals surface area contributed by atoms with Crippen LogP contribution in [0.4, 0.5) is 0 Å². The lowest BCUT2D eigenvalue weighted by Crippen LogP contribution is -2.46. The van der Waals surface area contributed by atoms with Crippen LogP contribution in [0, 0.1) is 5.92 Å². The lowest BCUT2D eigenvalue weighted by atomic mass is 10.0. The summed E-state index contributed by atoms with van der Waals surface area (Å²) in [6, 6.07) is 11.2. The Morgan fingerprint density at radius 2 is 1.75 bits per heavy atom. The van der Waals surface area contributed by atoms with Crippen molar-refractivity contribution in [2.24, 2.45) is 11.7 Å². The molecule has 2 atom stereocenters. The van der Waals surface area contributed by atoms with Gasteiger partial charge in [0.05, 0.1) is 0 Å². The van der Waals surface area contributed by atoms with Gasteiger partial charge in [-0.25, -0.2) is 0 Å². The molecule has 0 bridgehead atoms. The summed E-state index contributed by atoms with van der Waals surface area (Å²) in [4.78, 5) is 14.7. The molecule has 0 spiro atoms. The maximum atomic E-state index is 12.3. The van der Waals surface area contributed by atoms with E-state index in [-0.39, 0.29) is 42.7 Å². The zero-order chi connectivity index (χ0) is 15.4. The maximum Gasteiger partial charge on any atom is 0.223 e. The number of rotatable bonds is 4. The monoisotopic (exact) mass is 373 g/mol. The molecule has 1 saturated carbocycles. The fourth-order valence-electron chi connectivity index (χ4n) is 3.65. The molecule has 1 aliphatic heterocycles. The molecule has 1 saturated heterocycles. The number of hydrogen-bond acceptors (Lipinski definition) is 3. The van der Waals surface area contributed by atoms with Gasteiger partial charge in [-0.15, -0.1) is 24.8 Å². The minimum Gasteiger partial charge on any atom is -0.353 e. The standard InChI is InChI=1S/C18H27N3O.2ClH/c19-16-7-6-15(12-16)18(22)20-17-8-10-21(11-9-17)13-14-4-2-1-3-5-14;;/h1-5,15-17H,6-13,19H2,(H,20,22);2*1H. The van der Waals surface area contributed by atoms with Crippen molar-refractivity contribution in [3.8, 4) is 0 Å². The zero-order valence-corrected chi connectivity index (χ0v) is 15.7. The van der Waals surface area contributed by atoms with Crippen molar-refractivity contribution in [3.63, 3.8) is 0 Å². The molecule has 2 unspecified atom stereocenters. The first-order valence-electron chi connectivity index (χ1n) is 8.53. The van der Waals surface area contributed by atoms with Gasteiger partial charge in [-0.1, -0.05) is 30.3 Å². The fraction of sp³-hybridized carbons (Fsp3) is 0.611. The molecule has 6 heteroatoms. The normalized spacial score (nSPS) is 24.7. The molecule has 136 valence electrons. The molecule has 24 heavy (non-hydrogen) atoms. The Hall–Kier alpha value is -0.810. The number of benzene rings is 1. The van der Waals surface area contributed by atoms with Gasteiger partial charge in [0, 0.05) is 37.6 Å². The summed E-state index contributed by atoms with van der Waals surface area (Å²) in [5.74, 6) is 0.381. The van der Waals surface area contributed by atoms with Gasteiger partial charge >= 0.3 is 0 Å². The van der Waals surface area contributed by atoms with E-state index in [1.54, 1.807) is 0 Å². The van der Waals surface area contributed by atoms with E-state index in [0.29, 0.717) is 6.04 Å². The highest BCUT2D eigenvalue weighted by Crippen LogP contribution is 2.24. The Kier molecular flexibility index (Phi) is 9.06. The molecular formula is C18H29Cl2N3O. The van der Waals surface area contributed by atoms with Crippen molar-refractivity contribution in [1.82, 2.24) is 10.2 Å². The Bertz CT molecular complexity index is 492. The first kappa shape index (κ1) is 21.2. The number of nitrogens with zero attached hydrogens (tertiary/aromatic N) is 1. The summed E-state index contributed by atoms with van der Waals surface area (Å²) in [6.07, 6.45) is 4.92. The fourth-order valence-corrected chi connectivity index (χ4v) is 3.65. The van der Waals surface area contributed by atoms with Gasteiger partial charge < -0.3 is 11.1 Å². The molecule has 0 radical (unpaired) electrons. The third-order valence-electron chi connectivity index (χ3n) is 5.03. The molecular weight excluding hydrogens is 345 g/mol. The first-order chi connectivity index (χ1) is 10.7. The highest BCUT2D eigenvalue weighted by molar-refractivity contribution is 5.85. The number of carbonyl (C=O) groups excluding carboxylic acids is 1. The van der Waals surface area contributed by atoms with E-state index < -0.39 is 0 Å². The SMILES string of the molecule is Cl.Cl.NC1CCC(C(=O)NC2CCN(Cc3ccccc3)CC2)C1. The Balaban J connectivity index is 0.00000144. The van der Waals surface area contributed by atoms with Crippen molar-refractivity contribution in [1.29, 1.82) is 0 Å². The van der Waals surface area contributed by atoms with Gasteiger partial charge in [0.25, 0.3) is 0 Å². The first-order valence-corrected chi connectivity index (χ1v) is 8.53. The summed E-state index contributed by atoms with van der Waals surface area (Å²) >= 11 is 0. The second-order valence-corrected chi connectivity index (χ2v) is 6.81. The van der Waals surface area contributed by atoms with Gasteiger partial charge in [-0.05, 0) is 37.7 Å². The number of likely N-dealkylation sites (tertiary alicyclic amines) is 1. The molecule has 3 rings (SSSR count). The van der Waals surface area contributed by atoms with E-state index in [1.165, 1.54) is 5.56 Å². The predicted octanol–water partition coefficient (Wildman–Crippen LogP) is 2.74. The topological polar surface area (TPSA) is 58.4 Å². The zero-order valence-electron chi connectivity index (χ0n) is 14.0. The third-order valence-corrected chi connectivity index (χ3v) is 5.03. The number of amides is 1. The molecule has 1 heterocycles. The minimum atomic E-state index is 0. The van der Waals surface area contributed by atoms with Crippen molar-refractivity contribution >= 4 is 30.7 Å². The molecule has 2 aliphatic rings. The summed E-state index contributed by atoms with van der Waals surface area (Å²) < 4.78 is 0. The van der Waals surface area contributed by atoms with Crippen LogP contribution in [0.3, 0.4) is 0 Å². The molecule has 4 nitrogen and oxygen atoms in total. The quantitative estimate of drug-likeness (QED) is 0.852. The van der Waals surface area contributed by atoms with E-state index in [2.05, 4.69) is 40.5 Å². The average molecular weight is 374 g/mol. The lowest BCUT2D eigenvalue weighted by Gasteiger charge is -2.32. The number of halogens is 2. The highest BCUT2D eigenvalue weighted by atomic mass is 35.5. The molecule has 1 aromatic rings. The van der Waals surface area contributed by atoms with Crippen LogP contribution in [0.2, 0.25) is 0 Å². The smallest absolute Gasteiger partial charge is 0.223 e. The second kappa shape index (κ2) is 10.2. The van der Waals surface area contributed by atoms with Crippen LogP contribution in [-0.4, -0.2) is 36.0 Å². The Morgan fingerprint density at radius 3 is 2.33 bits per heavy atom. The average Bonchev–Trinajstić information content (AvgIpc) is 2.97. The second-order valence-electron chi connectivity index (χ2n) is 6.81. The summed E-state index contributed by atoms with van der Waals surface area (Å²) in [5, 5.41) is 3.24. The lowest BCUT2D eigenvalue weighted by molar-refractivity contribution is -0.125. The van der Waals surface area contributed by atoms with Crippen LogP contribution in [0.5, 0.6) is 0 Å². The van der Waals surface area contributed by atoms with E-state index in [4.69, 9.17) is 5.73 Å². The van der Waals surface area contributed by atoms with E-state index in [1.807, 2.05) is 0 Å². The number of nitrogens with two attached hydrogens (primary N) is 1. The number of carbonyl (C=O) groups is 1. The largest absolute Gasteiger partial charge is 0.353 e. The van der Waals surface area contributed by atoms with Crippen LogP contribution in [0.1, 0.15) is 37.7 Å². The summed E-state index contributed by atoms with van der Waals surface area (Å²) in [6.45, 7) is 3.13. The van der Waals surface area contributed by atoms with Crippen LogP contribution in [-0.2, 0) is 11.3 Å². The number of piperidine rings is 1. The van der Waals surface area contributed by atoms with E-state index in [9.17, 15) is 4.79 Å². The molecule has 2 fully saturated rings. The van der Waals surface area contributed by atoms with Gasteiger partial charge in [-0.3, -0.25) is 9.69 Å². The van der Waals surface area contributed by atoms with Gasteiger partial charge in [0.15, 0.2) is 0 Å². The van der Waals surface area contributed by atoms with E-state index in [0.717, 1.165) is 51.7 Å². The molecule has 0 aromatic heterocycles. The highest BCUT2D eigenvalue weighted by Gasteiger charge is 2.29. The number of hydrogen-bond donors (Lipinski definition) is 2. The van der Waals surface area contributed by atoms with Crippen molar-refractivity contribution < 1.29 is 4.79 Å². The van der Waals surface area contributed by atoms with Gasteiger partial charge in [-0.2, -0.15) is 0 Å². The Morgan fingerprint density at radius 1 is 1.08 bits per heavy atom. The van der Waals surface area contributed by atoms with Crippen molar-refractivity contribution in [2.75, 3.05) is 13.1 Å². The third kappa shape index (κ3) is 5.92. The molecule has 3 N–H and O–H groups in total. The van der Waals surface area contributed by atoms with Crippen LogP contribution >= 0.6 is 24.8 Å². The van der Waals surface area contributed by atoms with Crippen LogP contribution in [0.15, 0.2) is 30.3 Å². The Labute approximate surface area is 157 Å². The minimum absolute atomic E-state index is 0. The van der Waals surface area contributed by atoms with Crippen molar-refractivity contribution in [2.45, 2.75) is 50.7 Å². The van der Waals surface area contributed by atoms with Gasteiger partial charge in [0.2, 0.25) is 5.91 Å². The van der Waals surface area contributed by atoms with Crippen molar-refractivity contribution in [3.05, 3.63) is 35.9 Å². The maximum absolute atomic E-state index is 12.3. The van der Waals surface area contributed by atoms with Crippen LogP contribution in [0.25, 0.3) is 0 Å². The summed E-state index contributed by atoms with van der Waals surface area (Å²) in [5.41, 5.74) is 7.27. The van der Waals surface area contributed by atoms with E-state index >= 15 is 0 Å². The summed E-state index contributed by atoms with van der Waals surface area (Å²) in [7, 11) is 0. The molecule has 1 amide bonds. The van der Waals surface area contributed by atoms with Crippen LogP contribution < -0.4 is 11.1 Å². The predicted molar refractivity (Wildman–Crippen MR) is 103 cm³/mol. The van der Waals surface area contributed by atoms with Gasteiger partial charge in [0.1, 0.15) is 0 Å².